The van der Waals surface area contributed by atoms with E-state index >= 15 is 0 Å². The maximum atomic E-state index is 13.1. The van der Waals surface area contributed by atoms with Gasteiger partial charge in [-0.05, 0) is 51.2 Å². The lowest BCUT2D eigenvalue weighted by Crippen LogP contribution is -2.43. The molecule has 0 aliphatic carbocycles. The molecule has 1 fully saturated rings. The molecule has 180 valence electrons. The molecular weight excluding hydrogens is 462 g/mol. The van der Waals surface area contributed by atoms with Gasteiger partial charge in [0, 0.05) is 49.1 Å². The summed E-state index contributed by atoms with van der Waals surface area (Å²) < 4.78 is 38.9. The van der Waals surface area contributed by atoms with Gasteiger partial charge in [0.25, 0.3) is 0 Å². The Hall–Kier alpha value is -2.17. The van der Waals surface area contributed by atoms with E-state index in [1.165, 1.54) is 4.31 Å². The van der Waals surface area contributed by atoms with Gasteiger partial charge in [0.1, 0.15) is 0 Å². The Labute approximate surface area is 199 Å². The number of nitrogens with one attached hydrogen (secondary N) is 1. The number of rotatable bonds is 8. The van der Waals surface area contributed by atoms with Gasteiger partial charge in [-0.25, -0.2) is 13.4 Å². The van der Waals surface area contributed by atoms with E-state index < -0.39 is 10.0 Å². The predicted molar refractivity (Wildman–Crippen MR) is 126 cm³/mol. The molecule has 1 amide bonds. The highest BCUT2D eigenvalue weighted by molar-refractivity contribution is 7.89. The Morgan fingerprint density at radius 1 is 1.18 bits per heavy atom. The standard InChI is InChI=1S/C23H31N3O5S2/c1-17-16-32-22(25-17)5-2-3-10-24-23(27)18-8-11-26(12-9-18)33(28,29)19-6-7-20-21(15-19)31-14-4-13-30-20/h6-7,15-16,18H,2-5,8-14H2,1H3,(H,24,27). The number of amides is 1. The summed E-state index contributed by atoms with van der Waals surface area (Å²) >= 11 is 1.68. The third kappa shape index (κ3) is 6.04. The topological polar surface area (TPSA) is 97.8 Å². The fourth-order valence-electron chi connectivity index (χ4n) is 4.09. The minimum Gasteiger partial charge on any atom is -0.490 e. The fraction of sp³-hybridized carbons (Fsp3) is 0.565. The molecule has 3 heterocycles. The molecule has 0 saturated carbocycles. The van der Waals surface area contributed by atoms with Crippen LogP contribution < -0.4 is 14.8 Å². The molecule has 0 radical (unpaired) electrons. The van der Waals surface area contributed by atoms with E-state index in [1.807, 2.05) is 6.92 Å². The molecule has 2 aromatic rings. The third-order valence-corrected chi connectivity index (χ3v) is 8.89. The SMILES string of the molecule is Cc1csc(CCCCNC(=O)C2CCN(S(=O)(=O)c3ccc4c(c3)OCCCO4)CC2)n1. The van der Waals surface area contributed by atoms with Crippen molar-refractivity contribution in [3.63, 3.8) is 0 Å². The number of hydrogen-bond acceptors (Lipinski definition) is 7. The lowest BCUT2D eigenvalue weighted by molar-refractivity contribution is -0.126. The second-order valence-corrected chi connectivity index (χ2v) is 11.3. The Morgan fingerprint density at radius 3 is 2.67 bits per heavy atom. The van der Waals surface area contributed by atoms with Crippen molar-refractivity contribution in [2.24, 2.45) is 5.92 Å². The van der Waals surface area contributed by atoms with Gasteiger partial charge in [0.15, 0.2) is 11.5 Å². The van der Waals surface area contributed by atoms with Crippen molar-refractivity contribution in [3.8, 4) is 11.5 Å². The average Bonchev–Trinajstić information content (AvgIpc) is 3.09. The van der Waals surface area contributed by atoms with Crippen LogP contribution in [0.15, 0.2) is 28.5 Å². The molecule has 0 bridgehead atoms. The lowest BCUT2D eigenvalue weighted by atomic mass is 9.97. The number of benzene rings is 1. The van der Waals surface area contributed by atoms with Crippen LogP contribution in [-0.2, 0) is 21.2 Å². The van der Waals surface area contributed by atoms with Crippen LogP contribution in [0.25, 0.3) is 0 Å². The first-order valence-corrected chi connectivity index (χ1v) is 13.8. The van der Waals surface area contributed by atoms with Gasteiger partial charge in [-0.15, -0.1) is 11.3 Å². The number of aryl methyl sites for hydroxylation is 2. The van der Waals surface area contributed by atoms with Gasteiger partial charge in [0.2, 0.25) is 15.9 Å². The van der Waals surface area contributed by atoms with Gasteiger partial charge >= 0.3 is 0 Å². The van der Waals surface area contributed by atoms with Gasteiger partial charge in [-0.2, -0.15) is 4.31 Å². The normalized spacial score (nSPS) is 17.5. The summed E-state index contributed by atoms with van der Waals surface area (Å²) in [6.45, 7) is 4.35. The molecule has 1 saturated heterocycles. The predicted octanol–water partition coefficient (Wildman–Crippen LogP) is 3.15. The zero-order valence-corrected chi connectivity index (χ0v) is 20.6. The molecule has 8 nitrogen and oxygen atoms in total. The van der Waals surface area contributed by atoms with Crippen molar-refractivity contribution >= 4 is 27.3 Å². The van der Waals surface area contributed by atoms with Crippen LogP contribution in [0, 0.1) is 12.8 Å². The highest BCUT2D eigenvalue weighted by Crippen LogP contribution is 2.33. The van der Waals surface area contributed by atoms with Gasteiger partial charge < -0.3 is 14.8 Å². The molecule has 2 aliphatic rings. The van der Waals surface area contributed by atoms with Crippen molar-refractivity contribution in [2.75, 3.05) is 32.8 Å². The Bertz CT molecular complexity index is 1060. The molecule has 33 heavy (non-hydrogen) atoms. The highest BCUT2D eigenvalue weighted by atomic mass is 32.2. The second kappa shape index (κ2) is 10.8. The monoisotopic (exact) mass is 493 g/mol. The second-order valence-electron chi connectivity index (χ2n) is 8.47. The lowest BCUT2D eigenvalue weighted by Gasteiger charge is -2.30. The summed E-state index contributed by atoms with van der Waals surface area (Å²) in [5, 5.41) is 6.21. The first-order valence-electron chi connectivity index (χ1n) is 11.5. The molecule has 0 unspecified atom stereocenters. The molecule has 0 spiro atoms. The number of carbonyl (C=O) groups excluding carboxylic acids is 1. The number of nitrogens with zero attached hydrogens (tertiary/aromatic N) is 2. The molecule has 1 aromatic heterocycles. The third-order valence-electron chi connectivity index (χ3n) is 5.96. The van der Waals surface area contributed by atoms with Crippen molar-refractivity contribution in [3.05, 3.63) is 34.3 Å². The largest absolute Gasteiger partial charge is 0.490 e. The Balaban J connectivity index is 1.23. The minimum atomic E-state index is -3.64. The van der Waals surface area contributed by atoms with Crippen molar-refractivity contribution < 1.29 is 22.7 Å². The number of aromatic nitrogens is 1. The van der Waals surface area contributed by atoms with E-state index in [4.69, 9.17) is 9.47 Å². The molecular formula is C23H31N3O5S2. The number of piperidine rings is 1. The number of thiazole rings is 1. The molecule has 1 aromatic carbocycles. The summed E-state index contributed by atoms with van der Waals surface area (Å²) in [5.41, 5.74) is 1.06. The maximum Gasteiger partial charge on any atom is 0.243 e. The van der Waals surface area contributed by atoms with Crippen LogP contribution in [0.5, 0.6) is 11.5 Å². The Morgan fingerprint density at radius 2 is 1.94 bits per heavy atom. The first kappa shape index (κ1) is 24.0. The van der Waals surface area contributed by atoms with Gasteiger partial charge in [-0.1, -0.05) is 0 Å². The zero-order chi connectivity index (χ0) is 23.3. The molecule has 1 N–H and O–H groups in total. The molecule has 4 rings (SSSR count). The van der Waals surface area contributed by atoms with E-state index in [1.54, 1.807) is 29.5 Å². The van der Waals surface area contributed by atoms with Crippen LogP contribution >= 0.6 is 11.3 Å². The number of sulfonamides is 1. The van der Waals surface area contributed by atoms with E-state index in [0.29, 0.717) is 57.2 Å². The molecule has 0 atom stereocenters. The highest BCUT2D eigenvalue weighted by Gasteiger charge is 2.32. The number of fused-ring (bicyclic) bond motifs is 1. The summed E-state index contributed by atoms with van der Waals surface area (Å²) in [5.74, 6) is 0.908. The van der Waals surface area contributed by atoms with Crippen molar-refractivity contribution in [2.45, 2.75) is 50.3 Å². The van der Waals surface area contributed by atoms with Crippen LogP contribution in [0.3, 0.4) is 0 Å². The molecule has 10 heteroatoms. The van der Waals surface area contributed by atoms with E-state index in [0.717, 1.165) is 36.4 Å². The van der Waals surface area contributed by atoms with Crippen molar-refractivity contribution in [1.29, 1.82) is 0 Å². The minimum absolute atomic E-state index is 0.0210. The first-order chi connectivity index (χ1) is 15.9. The van der Waals surface area contributed by atoms with Crippen molar-refractivity contribution in [1.82, 2.24) is 14.6 Å². The number of hydrogen-bond donors (Lipinski definition) is 1. The summed E-state index contributed by atoms with van der Waals surface area (Å²) in [6, 6.07) is 4.76. The number of ether oxygens (including phenoxy) is 2. The average molecular weight is 494 g/mol. The summed E-state index contributed by atoms with van der Waals surface area (Å²) in [6.07, 6.45) is 4.63. The summed E-state index contributed by atoms with van der Waals surface area (Å²) in [7, 11) is -3.64. The molecule has 2 aliphatic heterocycles. The summed E-state index contributed by atoms with van der Waals surface area (Å²) in [4.78, 5) is 17.2. The van der Waals surface area contributed by atoms with Crippen LogP contribution in [0.1, 0.15) is 42.8 Å². The number of unbranched alkanes of at least 4 members (excludes halogenated alkanes) is 1. The van der Waals surface area contributed by atoms with E-state index in [2.05, 4.69) is 15.7 Å². The van der Waals surface area contributed by atoms with E-state index in [-0.39, 0.29) is 16.7 Å². The van der Waals surface area contributed by atoms with Crippen LogP contribution in [0.4, 0.5) is 0 Å². The smallest absolute Gasteiger partial charge is 0.243 e. The van der Waals surface area contributed by atoms with Gasteiger partial charge in [-0.3, -0.25) is 4.79 Å². The van der Waals surface area contributed by atoms with E-state index in [9.17, 15) is 13.2 Å². The van der Waals surface area contributed by atoms with Crippen LogP contribution in [-0.4, -0.2) is 56.5 Å². The zero-order valence-electron chi connectivity index (χ0n) is 18.9. The van der Waals surface area contributed by atoms with Crippen LogP contribution in [0.2, 0.25) is 0 Å². The number of carbonyl (C=O) groups is 1. The Kier molecular flexibility index (Phi) is 7.87. The maximum absolute atomic E-state index is 13.1. The fourth-order valence-corrected chi connectivity index (χ4v) is 6.39. The quantitative estimate of drug-likeness (QED) is 0.568. The van der Waals surface area contributed by atoms with Gasteiger partial charge in [0.05, 0.1) is 23.1 Å².